The summed E-state index contributed by atoms with van der Waals surface area (Å²) in [5, 5.41) is 0. The normalized spacial score (nSPS) is 9.80. The molecule has 0 fully saturated rings. The van der Waals surface area contributed by atoms with Crippen molar-refractivity contribution in [1.82, 2.24) is 0 Å². The molecular formula is C7H10O3. The molecule has 0 aromatic rings. The average molecular weight is 142 g/mol. The van der Waals surface area contributed by atoms with Crippen molar-refractivity contribution in [1.29, 1.82) is 0 Å². The molecule has 0 aromatic carbocycles. The van der Waals surface area contributed by atoms with Crippen LogP contribution in [-0.2, 0) is 14.3 Å². The Labute approximate surface area is 59.7 Å². The van der Waals surface area contributed by atoms with E-state index in [1.807, 2.05) is 6.92 Å². The molecule has 0 rings (SSSR count). The number of rotatable bonds is 3. The van der Waals surface area contributed by atoms with Crippen molar-refractivity contribution in [3.05, 3.63) is 12.3 Å². The minimum Gasteiger partial charge on any atom is -0.429 e. The van der Waals surface area contributed by atoms with Gasteiger partial charge >= 0.3 is 5.97 Å². The van der Waals surface area contributed by atoms with Crippen LogP contribution in [0.1, 0.15) is 20.3 Å². The molecule has 0 aliphatic heterocycles. The molecule has 0 heterocycles. The quantitative estimate of drug-likeness (QED) is 0.336. The maximum atomic E-state index is 10.4. The number of carbonyl (C=O) groups is 2. The number of ketones is 1. The minimum atomic E-state index is -0.815. The first-order valence-corrected chi connectivity index (χ1v) is 3.05. The van der Waals surface area contributed by atoms with Crippen molar-refractivity contribution >= 4 is 11.8 Å². The van der Waals surface area contributed by atoms with E-state index in [0.717, 1.165) is 6.42 Å². The summed E-state index contributed by atoms with van der Waals surface area (Å²) in [6, 6.07) is 0. The summed E-state index contributed by atoms with van der Waals surface area (Å²) in [5.41, 5.74) is 0. The lowest BCUT2D eigenvalue weighted by Gasteiger charge is -1.90. The topological polar surface area (TPSA) is 43.4 Å². The minimum absolute atomic E-state index is 0.583. The molecule has 0 aromatic heterocycles. The second-order valence-corrected chi connectivity index (χ2v) is 1.74. The van der Waals surface area contributed by atoms with Crippen LogP contribution >= 0.6 is 0 Å². The summed E-state index contributed by atoms with van der Waals surface area (Å²) in [6.45, 7) is 3.07. The van der Waals surface area contributed by atoms with Gasteiger partial charge in [-0.25, -0.2) is 4.79 Å². The van der Waals surface area contributed by atoms with Gasteiger partial charge in [0.15, 0.2) is 0 Å². The van der Waals surface area contributed by atoms with Gasteiger partial charge in [-0.3, -0.25) is 4.79 Å². The predicted octanol–water partition coefficient (Wildman–Crippen LogP) is 1.04. The van der Waals surface area contributed by atoms with Crippen LogP contribution < -0.4 is 0 Å². The van der Waals surface area contributed by atoms with Gasteiger partial charge < -0.3 is 4.74 Å². The number of ether oxygens (including phenoxy) is 1. The molecule has 0 atom stereocenters. The molecule has 3 nitrogen and oxygen atoms in total. The molecule has 10 heavy (non-hydrogen) atoms. The first-order chi connectivity index (χ1) is 4.68. The maximum absolute atomic E-state index is 10.4. The third-order valence-electron chi connectivity index (χ3n) is 0.794. The van der Waals surface area contributed by atoms with Gasteiger partial charge in [0, 0.05) is 6.92 Å². The Balaban J connectivity index is 3.60. The van der Waals surface area contributed by atoms with Crippen molar-refractivity contribution in [3.8, 4) is 0 Å². The second kappa shape index (κ2) is 4.73. The van der Waals surface area contributed by atoms with Crippen molar-refractivity contribution in [3.63, 3.8) is 0 Å². The van der Waals surface area contributed by atoms with Gasteiger partial charge in [0.05, 0.1) is 6.26 Å². The second-order valence-electron chi connectivity index (χ2n) is 1.74. The molecule has 3 heteroatoms. The molecule has 0 spiro atoms. The van der Waals surface area contributed by atoms with Gasteiger partial charge in [0.2, 0.25) is 5.78 Å². The Kier molecular flexibility index (Phi) is 4.20. The first kappa shape index (κ1) is 8.88. The standard InChI is InChI=1S/C7H10O3/c1-3-4-5-10-7(9)6(2)8/h4-5H,3H2,1-2H3. The Hall–Kier alpha value is -1.12. The number of hydrogen-bond acceptors (Lipinski definition) is 3. The number of carbonyl (C=O) groups excluding carboxylic acids is 2. The van der Waals surface area contributed by atoms with Crippen LogP contribution in [0, 0.1) is 0 Å². The van der Waals surface area contributed by atoms with E-state index in [1.165, 1.54) is 13.2 Å². The third-order valence-corrected chi connectivity index (χ3v) is 0.794. The van der Waals surface area contributed by atoms with Crippen LogP contribution in [0.3, 0.4) is 0 Å². The fourth-order valence-corrected chi connectivity index (χ4v) is 0.289. The molecule has 0 unspecified atom stereocenters. The molecule has 56 valence electrons. The molecule has 0 aliphatic carbocycles. The van der Waals surface area contributed by atoms with E-state index in [4.69, 9.17) is 0 Å². The Morgan fingerprint density at radius 2 is 2.10 bits per heavy atom. The molecule has 0 bridgehead atoms. The highest BCUT2D eigenvalue weighted by Gasteiger charge is 2.05. The van der Waals surface area contributed by atoms with E-state index in [0.29, 0.717) is 0 Å². The zero-order valence-electron chi connectivity index (χ0n) is 6.09. The largest absolute Gasteiger partial charge is 0.429 e. The fraction of sp³-hybridized carbons (Fsp3) is 0.429. The van der Waals surface area contributed by atoms with Crippen LogP contribution in [0.5, 0.6) is 0 Å². The highest BCUT2D eigenvalue weighted by Crippen LogP contribution is 1.84. The summed E-state index contributed by atoms with van der Waals surface area (Å²) in [7, 11) is 0. The van der Waals surface area contributed by atoms with Crippen molar-refractivity contribution < 1.29 is 14.3 Å². The maximum Gasteiger partial charge on any atom is 0.379 e. The zero-order chi connectivity index (χ0) is 7.98. The highest BCUT2D eigenvalue weighted by molar-refractivity contribution is 6.32. The number of hydrogen-bond donors (Lipinski definition) is 0. The van der Waals surface area contributed by atoms with E-state index in [-0.39, 0.29) is 0 Å². The summed E-state index contributed by atoms with van der Waals surface area (Å²) >= 11 is 0. The van der Waals surface area contributed by atoms with Crippen LogP contribution in [0.25, 0.3) is 0 Å². The zero-order valence-corrected chi connectivity index (χ0v) is 6.09. The van der Waals surface area contributed by atoms with Crippen molar-refractivity contribution in [2.24, 2.45) is 0 Å². The Morgan fingerprint density at radius 1 is 1.50 bits per heavy atom. The summed E-state index contributed by atoms with van der Waals surface area (Å²) in [6.07, 6.45) is 3.66. The molecule has 0 N–H and O–H groups in total. The average Bonchev–Trinajstić information content (AvgIpc) is 1.88. The van der Waals surface area contributed by atoms with E-state index in [2.05, 4.69) is 4.74 Å². The molecule has 0 amide bonds. The first-order valence-electron chi connectivity index (χ1n) is 3.05. The summed E-state index contributed by atoms with van der Waals surface area (Å²) < 4.78 is 4.37. The number of esters is 1. The van der Waals surface area contributed by atoms with Gasteiger partial charge in [-0.1, -0.05) is 6.92 Å². The summed E-state index contributed by atoms with van der Waals surface area (Å²) in [5.74, 6) is -1.40. The van der Waals surface area contributed by atoms with Gasteiger partial charge in [0.25, 0.3) is 0 Å². The molecule has 0 radical (unpaired) electrons. The Morgan fingerprint density at radius 3 is 2.50 bits per heavy atom. The van der Waals surface area contributed by atoms with Crippen LogP contribution in [0.4, 0.5) is 0 Å². The SMILES string of the molecule is CCC=COC(=O)C(C)=O. The molecule has 0 saturated heterocycles. The van der Waals surface area contributed by atoms with E-state index < -0.39 is 11.8 Å². The number of allylic oxidation sites excluding steroid dienone is 1. The lowest BCUT2D eigenvalue weighted by molar-refractivity contribution is -0.148. The Bertz CT molecular complexity index is 158. The highest BCUT2D eigenvalue weighted by atomic mass is 16.5. The fourth-order valence-electron chi connectivity index (χ4n) is 0.289. The summed E-state index contributed by atoms with van der Waals surface area (Å²) in [4.78, 5) is 20.6. The molecular weight excluding hydrogens is 132 g/mol. The number of Topliss-reactive ketones (excluding diaryl/α,β-unsaturated/α-hetero) is 1. The van der Waals surface area contributed by atoms with Crippen molar-refractivity contribution in [2.75, 3.05) is 0 Å². The van der Waals surface area contributed by atoms with E-state index >= 15 is 0 Å². The van der Waals surface area contributed by atoms with Gasteiger partial charge in [0.1, 0.15) is 0 Å². The van der Waals surface area contributed by atoms with Crippen molar-refractivity contribution in [2.45, 2.75) is 20.3 Å². The lowest BCUT2D eigenvalue weighted by atomic mass is 10.4. The third kappa shape index (κ3) is 3.83. The van der Waals surface area contributed by atoms with Crippen LogP contribution in [0.15, 0.2) is 12.3 Å². The smallest absolute Gasteiger partial charge is 0.379 e. The van der Waals surface area contributed by atoms with E-state index in [1.54, 1.807) is 6.08 Å². The van der Waals surface area contributed by atoms with Gasteiger partial charge in [-0.2, -0.15) is 0 Å². The monoisotopic (exact) mass is 142 g/mol. The van der Waals surface area contributed by atoms with Gasteiger partial charge in [-0.15, -0.1) is 0 Å². The molecule has 0 saturated carbocycles. The lowest BCUT2D eigenvalue weighted by Crippen LogP contribution is -2.09. The van der Waals surface area contributed by atoms with Gasteiger partial charge in [-0.05, 0) is 12.5 Å². The van der Waals surface area contributed by atoms with Crippen LogP contribution in [-0.4, -0.2) is 11.8 Å². The molecule has 0 aliphatic rings. The predicted molar refractivity (Wildman–Crippen MR) is 36.2 cm³/mol. The van der Waals surface area contributed by atoms with Crippen LogP contribution in [0.2, 0.25) is 0 Å². The van der Waals surface area contributed by atoms with E-state index in [9.17, 15) is 9.59 Å².